The van der Waals surface area contributed by atoms with Gasteiger partial charge in [-0.25, -0.2) is 4.39 Å². The van der Waals surface area contributed by atoms with Crippen molar-refractivity contribution in [2.75, 3.05) is 13.1 Å². The molecule has 1 aliphatic rings. The fourth-order valence-corrected chi connectivity index (χ4v) is 3.43. The number of carbonyl (C=O) groups is 2. The quantitative estimate of drug-likeness (QED) is 0.706. The summed E-state index contributed by atoms with van der Waals surface area (Å²) >= 11 is 0. The van der Waals surface area contributed by atoms with Crippen LogP contribution in [0.2, 0.25) is 0 Å². The van der Waals surface area contributed by atoms with Gasteiger partial charge in [-0.2, -0.15) is 0 Å². The van der Waals surface area contributed by atoms with Crippen LogP contribution >= 0.6 is 0 Å². The van der Waals surface area contributed by atoms with E-state index in [0.717, 1.165) is 12.8 Å². The smallest absolute Gasteiger partial charge is 0.253 e. The van der Waals surface area contributed by atoms with Gasteiger partial charge >= 0.3 is 0 Å². The van der Waals surface area contributed by atoms with Crippen LogP contribution in [-0.4, -0.2) is 35.8 Å². The van der Waals surface area contributed by atoms with Gasteiger partial charge in [0.1, 0.15) is 5.82 Å². The van der Waals surface area contributed by atoms with Crippen LogP contribution in [0.3, 0.4) is 0 Å². The molecule has 1 unspecified atom stereocenters. The van der Waals surface area contributed by atoms with Crippen molar-refractivity contribution in [1.29, 1.82) is 0 Å². The summed E-state index contributed by atoms with van der Waals surface area (Å²) in [5.74, 6) is -0.346. The van der Waals surface area contributed by atoms with Gasteiger partial charge in [0.25, 0.3) is 5.91 Å². The predicted octanol–water partition coefficient (Wildman–Crippen LogP) is 4.15. The van der Waals surface area contributed by atoms with Crippen LogP contribution in [-0.2, 0) is 4.79 Å². The van der Waals surface area contributed by atoms with Crippen molar-refractivity contribution in [2.24, 2.45) is 5.92 Å². The van der Waals surface area contributed by atoms with E-state index < -0.39 is 0 Å². The molecule has 0 aromatic heterocycles. The molecule has 26 heavy (non-hydrogen) atoms. The molecule has 144 valence electrons. The van der Waals surface area contributed by atoms with E-state index in [9.17, 15) is 14.0 Å². The Morgan fingerprint density at radius 3 is 2.42 bits per heavy atom. The molecule has 1 aliphatic heterocycles. The van der Waals surface area contributed by atoms with Crippen LogP contribution < -0.4 is 5.32 Å². The van der Waals surface area contributed by atoms with Crippen molar-refractivity contribution in [1.82, 2.24) is 10.2 Å². The Balaban J connectivity index is 1.74. The van der Waals surface area contributed by atoms with Crippen molar-refractivity contribution in [3.63, 3.8) is 0 Å². The van der Waals surface area contributed by atoms with Crippen LogP contribution in [0.15, 0.2) is 24.3 Å². The summed E-state index contributed by atoms with van der Waals surface area (Å²) in [6.07, 6.45) is 7.23. The predicted molar refractivity (Wildman–Crippen MR) is 101 cm³/mol. The van der Waals surface area contributed by atoms with Crippen molar-refractivity contribution in [3.8, 4) is 0 Å². The van der Waals surface area contributed by atoms with Crippen molar-refractivity contribution < 1.29 is 14.0 Å². The molecule has 1 aromatic carbocycles. The standard InChI is InChI=1S/C21H31FN2O2/c1-3-4-5-6-7-16(2)23-20(25)17-12-14-24(15-13-17)21(26)18-8-10-19(22)11-9-18/h8-11,16-17H,3-7,12-15H2,1-2H3,(H,23,25). The minimum Gasteiger partial charge on any atom is -0.353 e. The normalized spacial score (nSPS) is 16.3. The average molecular weight is 362 g/mol. The first-order valence-corrected chi connectivity index (χ1v) is 9.86. The fraction of sp³-hybridized carbons (Fsp3) is 0.619. The topological polar surface area (TPSA) is 49.4 Å². The number of nitrogens with one attached hydrogen (secondary N) is 1. The largest absolute Gasteiger partial charge is 0.353 e. The molecule has 1 fully saturated rings. The molecule has 2 rings (SSSR count). The molecule has 1 heterocycles. The highest BCUT2D eigenvalue weighted by molar-refractivity contribution is 5.94. The van der Waals surface area contributed by atoms with Crippen LogP contribution in [0.5, 0.6) is 0 Å². The van der Waals surface area contributed by atoms with Gasteiger partial charge in [-0.3, -0.25) is 9.59 Å². The number of benzene rings is 1. The monoisotopic (exact) mass is 362 g/mol. The third-order valence-corrected chi connectivity index (χ3v) is 5.12. The van der Waals surface area contributed by atoms with Gasteiger partial charge in [0, 0.05) is 30.6 Å². The average Bonchev–Trinajstić information content (AvgIpc) is 2.65. The number of hydrogen-bond donors (Lipinski definition) is 1. The number of nitrogens with zero attached hydrogens (tertiary/aromatic N) is 1. The molecular formula is C21H31FN2O2. The van der Waals surface area contributed by atoms with E-state index in [2.05, 4.69) is 19.2 Å². The lowest BCUT2D eigenvalue weighted by Crippen LogP contribution is -2.44. The highest BCUT2D eigenvalue weighted by Crippen LogP contribution is 2.20. The van der Waals surface area contributed by atoms with Gasteiger partial charge in [-0.15, -0.1) is 0 Å². The Hall–Kier alpha value is -1.91. The number of hydrogen-bond acceptors (Lipinski definition) is 2. The van der Waals surface area contributed by atoms with Gasteiger partial charge in [-0.1, -0.05) is 32.6 Å². The SMILES string of the molecule is CCCCCCC(C)NC(=O)C1CCN(C(=O)c2ccc(F)cc2)CC1. The zero-order valence-corrected chi connectivity index (χ0v) is 16.0. The van der Waals surface area contributed by atoms with Crippen molar-refractivity contribution in [2.45, 2.75) is 64.8 Å². The summed E-state index contributed by atoms with van der Waals surface area (Å²) in [4.78, 5) is 26.6. The number of amides is 2. The first-order chi connectivity index (χ1) is 12.5. The minimum atomic E-state index is -0.347. The van der Waals surface area contributed by atoms with E-state index >= 15 is 0 Å². The summed E-state index contributed by atoms with van der Waals surface area (Å²) in [6, 6.07) is 5.83. The zero-order chi connectivity index (χ0) is 18.9. The van der Waals surface area contributed by atoms with Crippen LogP contribution in [0.25, 0.3) is 0 Å². The maximum Gasteiger partial charge on any atom is 0.253 e. The molecule has 1 N–H and O–H groups in total. The molecule has 0 bridgehead atoms. The van der Waals surface area contributed by atoms with Gasteiger partial charge in [0.05, 0.1) is 0 Å². The van der Waals surface area contributed by atoms with E-state index in [-0.39, 0.29) is 29.6 Å². The van der Waals surface area contributed by atoms with Crippen LogP contribution in [0, 0.1) is 11.7 Å². The van der Waals surface area contributed by atoms with Gasteiger partial charge in [0.15, 0.2) is 0 Å². The molecule has 1 aromatic rings. The molecule has 4 nitrogen and oxygen atoms in total. The molecule has 0 radical (unpaired) electrons. The Morgan fingerprint density at radius 1 is 1.15 bits per heavy atom. The molecule has 0 aliphatic carbocycles. The molecule has 0 spiro atoms. The Morgan fingerprint density at radius 2 is 1.81 bits per heavy atom. The Bertz CT molecular complexity index is 580. The molecule has 1 saturated heterocycles. The third-order valence-electron chi connectivity index (χ3n) is 5.12. The first-order valence-electron chi connectivity index (χ1n) is 9.86. The molecule has 5 heteroatoms. The van der Waals surface area contributed by atoms with Crippen molar-refractivity contribution >= 4 is 11.8 Å². The number of halogens is 1. The highest BCUT2D eigenvalue weighted by atomic mass is 19.1. The summed E-state index contributed by atoms with van der Waals surface area (Å²) < 4.78 is 13.0. The summed E-state index contributed by atoms with van der Waals surface area (Å²) in [7, 11) is 0. The lowest BCUT2D eigenvalue weighted by atomic mass is 9.95. The zero-order valence-electron chi connectivity index (χ0n) is 16.0. The number of piperidine rings is 1. The lowest BCUT2D eigenvalue weighted by molar-refractivity contribution is -0.126. The second kappa shape index (κ2) is 10.3. The van der Waals surface area contributed by atoms with Gasteiger partial charge < -0.3 is 10.2 Å². The summed E-state index contributed by atoms with van der Waals surface area (Å²) in [6.45, 7) is 5.40. The Kier molecular flexibility index (Phi) is 8.07. The highest BCUT2D eigenvalue weighted by Gasteiger charge is 2.28. The maximum absolute atomic E-state index is 13.0. The molecule has 0 saturated carbocycles. The first kappa shape index (κ1) is 20.4. The summed E-state index contributed by atoms with van der Waals surface area (Å²) in [5, 5.41) is 3.12. The van der Waals surface area contributed by atoms with E-state index in [1.807, 2.05) is 0 Å². The molecule has 2 amide bonds. The van der Waals surface area contributed by atoms with Gasteiger partial charge in [-0.05, 0) is 50.5 Å². The fourth-order valence-electron chi connectivity index (χ4n) is 3.43. The van der Waals surface area contributed by atoms with E-state index in [1.165, 1.54) is 43.5 Å². The third kappa shape index (κ3) is 6.11. The van der Waals surface area contributed by atoms with E-state index in [1.54, 1.807) is 4.90 Å². The number of unbranched alkanes of at least 4 members (excludes halogenated alkanes) is 3. The number of carbonyl (C=O) groups excluding carboxylic acids is 2. The van der Waals surface area contributed by atoms with Crippen LogP contribution in [0.4, 0.5) is 4.39 Å². The van der Waals surface area contributed by atoms with Crippen LogP contribution in [0.1, 0.15) is 69.2 Å². The second-order valence-corrected chi connectivity index (χ2v) is 7.33. The summed E-state index contributed by atoms with van der Waals surface area (Å²) in [5.41, 5.74) is 0.495. The second-order valence-electron chi connectivity index (χ2n) is 7.33. The maximum atomic E-state index is 13.0. The Labute approximate surface area is 156 Å². The van der Waals surface area contributed by atoms with E-state index in [0.29, 0.717) is 31.5 Å². The molecular weight excluding hydrogens is 331 g/mol. The number of rotatable bonds is 8. The van der Waals surface area contributed by atoms with Crippen molar-refractivity contribution in [3.05, 3.63) is 35.6 Å². The van der Waals surface area contributed by atoms with Gasteiger partial charge in [0.2, 0.25) is 5.91 Å². The minimum absolute atomic E-state index is 0.0228. The lowest BCUT2D eigenvalue weighted by Gasteiger charge is -2.32. The number of likely N-dealkylation sites (tertiary alicyclic amines) is 1. The molecule has 1 atom stereocenters. The van der Waals surface area contributed by atoms with E-state index in [4.69, 9.17) is 0 Å².